The van der Waals surface area contributed by atoms with E-state index in [9.17, 15) is 0 Å². The highest BCUT2D eigenvalue weighted by atomic mass is 15.0. The summed E-state index contributed by atoms with van der Waals surface area (Å²) in [6.45, 7) is 2.20. The number of rotatable bonds is 8. The van der Waals surface area contributed by atoms with E-state index in [2.05, 4.69) is 265 Å². The van der Waals surface area contributed by atoms with E-state index in [0.29, 0.717) is 0 Å². The number of hydrogen-bond acceptors (Lipinski definition) is 0. The van der Waals surface area contributed by atoms with E-state index in [0.717, 1.165) is 34.2 Å². The minimum atomic E-state index is 1.11. The summed E-state index contributed by atoms with van der Waals surface area (Å²) in [4.78, 5) is 0. The summed E-state index contributed by atoms with van der Waals surface area (Å²) >= 11 is 0. The van der Waals surface area contributed by atoms with Crippen molar-refractivity contribution in [2.45, 2.75) is 6.92 Å². The zero-order valence-corrected chi connectivity index (χ0v) is 36.1. The zero-order valence-electron chi connectivity index (χ0n) is 36.1. The van der Waals surface area contributed by atoms with E-state index in [1.54, 1.807) is 0 Å². The third-order valence-electron chi connectivity index (χ3n) is 13.0. The Bertz CT molecular complexity index is 3570. The van der Waals surface area contributed by atoms with Gasteiger partial charge in [-0.25, -0.2) is 0 Å². The first kappa shape index (κ1) is 38.2. The van der Waals surface area contributed by atoms with Crippen molar-refractivity contribution in [1.29, 1.82) is 0 Å². The van der Waals surface area contributed by atoms with Gasteiger partial charge in [-0.15, -0.1) is 0 Å². The zero-order chi connectivity index (χ0) is 43.3. The maximum absolute atomic E-state index is 2.45. The third kappa shape index (κ3) is 6.67. The second kappa shape index (κ2) is 16.0. The molecule has 0 aliphatic carbocycles. The fourth-order valence-corrected chi connectivity index (χ4v) is 10.1. The highest BCUT2D eigenvalue weighted by molar-refractivity contribution is 6.24. The summed E-state index contributed by atoms with van der Waals surface area (Å²) in [6.07, 6.45) is 0. The predicted octanol–water partition coefficient (Wildman–Crippen LogP) is 17.0. The van der Waals surface area contributed by atoms with Crippen LogP contribution >= 0.6 is 0 Å². The molecule has 0 saturated carbocycles. The molecule has 12 aromatic rings. The molecule has 0 fully saturated rings. The molecule has 65 heavy (non-hydrogen) atoms. The van der Waals surface area contributed by atoms with Crippen molar-refractivity contribution >= 4 is 32.3 Å². The molecule has 2 heteroatoms. The standard InChI is InChI=1S/C63H44N2/c1-43-18-16-29-49(40-43)62-54-34-32-51(65-60(47-24-10-4-11-25-47)38-39-61(65)48-26-12-5-13-27-48)42-57(54)63(53-31-17-28-44-19-14-15-30-52(44)53)55-35-33-50(41-56(55)62)64-58(45-20-6-2-7-21-45)36-37-59(64)46-22-8-3-9-23-46/h2-42H,1H3. The molecule has 10 aromatic carbocycles. The first-order valence-electron chi connectivity index (χ1n) is 22.4. The molecule has 0 radical (unpaired) electrons. The molecule has 0 atom stereocenters. The largest absolute Gasteiger partial charge is 0.309 e. The molecular formula is C63H44N2. The summed E-state index contributed by atoms with van der Waals surface area (Å²) in [7, 11) is 0. The molecule has 0 spiro atoms. The third-order valence-corrected chi connectivity index (χ3v) is 13.0. The number of aromatic nitrogens is 2. The number of aryl methyl sites for hydroxylation is 1. The molecule has 306 valence electrons. The van der Waals surface area contributed by atoms with E-state index < -0.39 is 0 Å². The molecule has 2 heterocycles. The van der Waals surface area contributed by atoms with E-state index in [4.69, 9.17) is 0 Å². The molecule has 0 unspecified atom stereocenters. The van der Waals surface area contributed by atoms with Crippen molar-refractivity contribution in [2.24, 2.45) is 0 Å². The van der Waals surface area contributed by atoms with Crippen LogP contribution in [0.15, 0.2) is 249 Å². The molecule has 0 amide bonds. The van der Waals surface area contributed by atoms with Gasteiger partial charge in [-0.05, 0) is 132 Å². The number of fused-ring (bicyclic) bond motifs is 3. The Morgan fingerprint density at radius 3 is 1.15 bits per heavy atom. The summed E-state index contributed by atoms with van der Waals surface area (Å²) in [5, 5.41) is 7.28. The maximum atomic E-state index is 2.45. The molecule has 0 aliphatic rings. The van der Waals surface area contributed by atoms with E-state index in [-0.39, 0.29) is 0 Å². The van der Waals surface area contributed by atoms with E-state index >= 15 is 0 Å². The number of benzene rings is 10. The van der Waals surface area contributed by atoms with Gasteiger partial charge in [0.05, 0.1) is 22.8 Å². The normalized spacial score (nSPS) is 11.5. The lowest BCUT2D eigenvalue weighted by Gasteiger charge is -2.22. The second-order valence-electron chi connectivity index (χ2n) is 16.9. The Balaban J connectivity index is 1.22. The van der Waals surface area contributed by atoms with Gasteiger partial charge in [0.2, 0.25) is 0 Å². The first-order chi connectivity index (χ1) is 32.2. The predicted molar refractivity (Wildman–Crippen MR) is 275 cm³/mol. The van der Waals surface area contributed by atoms with Gasteiger partial charge in [0.25, 0.3) is 0 Å². The van der Waals surface area contributed by atoms with Gasteiger partial charge < -0.3 is 9.13 Å². The summed E-state index contributed by atoms with van der Waals surface area (Å²) in [5.41, 5.74) is 17.6. The lowest BCUT2D eigenvalue weighted by molar-refractivity contribution is 1.10. The molecule has 2 aromatic heterocycles. The van der Waals surface area contributed by atoms with Crippen molar-refractivity contribution in [3.8, 4) is 78.7 Å². The number of nitrogens with zero attached hydrogens (tertiary/aromatic N) is 2. The fraction of sp³-hybridized carbons (Fsp3) is 0.0159. The topological polar surface area (TPSA) is 9.86 Å². The van der Waals surface area contributed by atoms with Crippen LogP contribution in [0, 0.1) is 6.92 Å². The van der Waals surface area contributed by atoms with Crippen LogP contribution in [0.1, 0.15) is 5.56 Å². The van der Waals surface area contributed by atoms with Gasteiger partial charge in [0.1, 0.15) is 0 Å². The van der Waals surface area contributed by atoms with Gasteiger partial charge in [0, 0.05) is 11.4 Å². The van der Waals surface area contributed by atoms with Gasteiger partial charge in [0.15, 0.2) is 0 Å². The second-order valence-corrected chi connectivity index (χ2v) is 16.9. The molecule has 0 N–H and O–H groups in total. The molecule has 2 nitrogen and oxygen atoms in total. The highest BCUT2D eigenvalue weighted by Crippen LogP contribution is 2.48. The molecule has 0 saturated heterocycles. The van der Waals surface area contributed by atoms with Crippen LogP contribution < -0.4 is 0 Å². The Hall–Kier alpha value is -8.46. The van der Waals surface area contributed by atoms with Crippen molar-refractivity contribution in [1.82, 2.24) is 9.13 Å². The van der Waals surface area contributed by atoms with Crippen LogP contribution in [-0.2, 0) is 0 Å². The summed E-state index contributed by atoms with van der Waals surface area (Å²) in [6, 6.07) is 91.0. The quantitative estimate of drug-likeness (QED) is 0.135. The molecular weight excluding hydrogens is 785 g/mol. The Labute approximate surface area is 379 Å². The average Bonchev–Trinajstić information content (AvgIpc) is 4.03. The Kier molecular flexibility index (Phi) is 9.43. The summed E-state index contributed by atoms with van der Waals surface area (Å²) < 4.78 is 4.89. The minimum absolute atomic E-state index is 1.11. The van der Waals surface area contributed by atoms with Crippen LogP contribution in [-0.4, -0.2) is 9.13 Å². The van der Waals surface area contributed by atoms with Crippen molar-refractivity contribution in [3.63, 3.8) is 0 Å². The lowest BCUT2D eigenvalue weighted by Crippen LogP contribution is -2.02. The lowest BCUT2D eigenvalue weighted by atomic mass is 9.84. The highest BCUT2D eigenvalue weighted by Gasteiger charge is 2.23. The van der Waals surface area contributed by atoms with Crippen LogP contribution in [0.3, 0.4) is 0 Å². The van der Waals surface area contributed by atoms with Crippen molar-refractivity contribution in [2.75, 3.05) is 0 Å². The smallest absolute Gasteiger partial charge is 0.0535 e. The van der Waals surface area contributed by atoms with Crippen LogP contribution in [0.4, 0.5) is 0 Å². The minimum Gasteiger partial charge on any atom is -0.309 e. The maximum Gasteiger partial charge on any atom is 0.0535 e. The fourth-order valence-electron chi connectivity index (χ4n) is 10.1. The molecule has 0 bridgehead atoms. The van der Waals surface area contributed by atoms with Gasteiger partial charge in [-0.1, -0.05) is 206 Å². The Morgan fingerprint density at radius 2 is 0.662 bits per heavy atom. The van der Waals surface area contributed by atoms with E-state index in [1.807, 2.05) is 0 Å². The van der Waals surface area contributed by atoms with Gasteiger partial charge in [-0.3, -0.25) is 0 Å². The van der Waals surface area contributed by atoms with Crippen LogP contribution in [0.25, 0.3) is 111 Å². The Morgan fingerprint density at radius 1 is 0.262 bits per heavy atom. The first-order valence-corrected chi connectivity index (χ1v) is 22.4. The van der Waals surface area contributed by atoms with Crippen LogP contribution in [0.2, 0.25) is 0 Å². The van der Waals surface area contributed by atoms with Gasteiger partial charge in [-0.2, -0.15) is 0 Å². The average molecular weight is 829 g/mol. The monoisotopic (exact) mass is 828 g/mol. The van der Waals surface area contributed by atoms with Gasteiger partial charge >= 0.3 is 0 Å². The van der Waals surface area contributed by atoms with Crippen molar-refractivity contribution < 1.29 is 0 Å². The molecule has 0 aliphatic heterocycles. The number of hydrogen-bond donors (Lipinski definition) is 0. The SMILES string of the molecule is Cc1cccc(-c2c3cc(-n4c(-c5ccccc5)ccc4-c4ccccc4)ccc3c(-c3cccc4ccccc34)c3cc(-n4c(-c5ccccc5)ccc4-c4ccccc4)ccc23)c1. The van der Waals surface area contributed by atoms with Crippen molar-refractivity contribution in [3.05, 3.63) is 254 Å². The van der Waals surface area contributed by atoms with Crippen LogP contribution in [0.5, 0.6) is 0 Å². The summed E-state index contributed by atoms with van der Waals surface area (Å²) in [5.74, 6) is 0. The molecule has 12 rings (SSSR count). The van der Waals surface area contributed by atoms with E-state index in [1.165, 1.54) is 82.4 Å².